The molecule has 2 aliphatic rings. The van der Waals surface area contributed by atoms with E-state index in [1.54, 1.807) is 19.2 Å². The van der Waals surface area contributed by atoms with Crippen molar-refractivity contribution in [2.45, 2.75) is 58.3 Å². The van der Waals surface area contributed by atoms with Gasteiger partial charge in [0.25, 0.3) is 0 Å². The Morgan fingerprint density at radius 1 is 1.12 bits per heavy atom. The molecule has 1 fully saturated rings. The van der Waals surface area contributed by atoms with Crippen LogP contribution in [0, 0.1) is 0 Å². The Hall–Kier alpha value is -4.08. The van der Waals surface area contributed by atoms with Gasteiger partial charge in [-0.1, -0.05) is 35.9 Å². The molecule has 2 aromatic heterocycles. The molecule has 0 amide bonds. The summed E-state index contributed by atoms with van der Waals surface area (Å²) in [5, 5.41) is 10.2. The molecule has 10 heteroatoms. The number of nitrogens with zero attached hydrogens (tertiary/aromatic N) is 5. The number of likely N-dealkylation sites (tertiary alicyclic amines) is 1. The number of halogens is 1. The minimum atomic E-state index is -0.937. The van der Waals surface area contributed by atoms with E-state index in [0.29, 0.717) is 30.6 Å². The van der Waals surface area contributed by atoms with Gasteiger partial charge in [-0.3, -0.25) is 4.90 Å². The van der Waals surface area contributed by atoms with Crippen LogP contribution in [0.5, 0.6) is 11.5 Å². The maximum atomic E-state index is 11.5. The number of imidazole rings is 2. The molecule has 0 aliphatic carbocycles. The Labute approximate surface area is 256 Å². The molecule has 9 nitrogen and oxygen atoms in total. The van der Waals surface area contributed by atoms with Crippen LogP contribution in [0.1, 0.15) is 67.1 Å². The number of hydrogen-bond donors (Lipinski definition) is 1. The average molecular weight is 602 g/mol. The maximum absolute atomic E-state index is 11.5. The highest BCUT2D eigenvalue weighted by Gasteiger charge is 2.30. The quantitative estimate of drug-likeness (QED) is 0.229. The lowest BCUT2D eigenvalue weighted by Gasteiger charge is -2.34. The monoisotopic (exact) mass is 601 g/mol. The van der Waals surface area contributed by atoms with Crippen LogP contribution in [-0.2, 0) is 24.4 Å². The number of para-hydroxylation sites is 1. The third kappa shape index (κ3) is 6.33. The van der Waals surface area contributed by atoms with Crippen molar-refractivity contribution in [2.24, 2.45) is 0 Å². The fourth-order valence-electron chi connectivity index (χ4n) is 5.95. The summed E-state index contributed by atoms with van der Waals surface area (Å²) in [4.78, 5) is 23.0. The van der Waals surface area contributed by atoms with Gasteiger partial charge in [0.05, 0.1) is 37.0 Å². The summed E-state index contributed by atoms with van der Waals surface area (Å²) >= 11 is 6.07. The van der Waals surface area contributed by atoms with Gasteiger partial charge < -0.3 is 23.7 Å². The zero-order chi connectivity index (χ0) is 29.9. The second kappa shape index (κ2) is 12.7. The second-order valence-corrected chi connectivity index (χ2v) is 11.6. The fourth-order valence-corrected chi connectivity index (χ4v) is 6.08. The number of carboxylic acid groups (broad SMARTS) is 1. The first-order valence-electron chi connectivity index (χ1n) is 14.7. The van der Waals surface area contributed by atoms with Crippen molar-refractivity contribution in [1.82, 2.24) is 24.0 Å². The first kappa shape index (κ1) is 29.0. The summed E-state index contributed by atoms with van der Waals surface area (Å²) in [5.74, 6) is 2.00. The van der Waals surface area contributed by atoms with Gasteiger partial charge in [0.1, 0.15) is 12.4 Å². The number of carboxylic acids is 1. The van der Waals surface area contributed by atoms with Crippen LogP contribution in [-0.4, -0.2) is 54.8 Å². The Bertz CT molecular complexity index is 1620. The van der Waals surface area contributed by atoms with Crippen molar-refractivity contribution < 1.29 is 19.4 Å². The van der Waals surface area contributed by atoms with Crippen LogP contribution in [0.25, 0.3) is 6.08 Å². The molecule has 0 bridgehead atoms. The first-order valence-corrected chi connectivity index (χ1v) is 15.1. The summed E-state index contributed by atoms with van der Waals surface area (Å²) in [6, 6.07) is 13.9. The third-order valence-electron chi connectivity index (χ3n) is 8.42. The Kier molecular flexibility index (Phi) is 8.54. The number of piperidine rings is 1. The van der Waals surface area contributed by atoms with E-state index in [1.807, 2.05) is 42.9 Å². The fraction of sp³-hybridized carbons (Fsp3) is 0.364. The number of benzene rings is 2. The van der Waals surface area contributed by atoms with Gasteiger partial charge in [-0.2, -0.15) is 0 Å². The Morgan fingerprint density at radius 3 is 2.65 bits per heavy atom. The molecule has 4 aromatic rings. The molecule has 43 heavy (non-hydrogen) atoms. The second-order valence-electron chi connectivity index (χ2n) is 11.2. The number of hydrogen-bond acceptors (Lipinski definition) is 6. The zero-order valence-corrected chi connectivity index (χ0v) is 25.2. The number of aliphatic carboxylic acids is 1. The van der Waals surface area contributed by atoms with E-state index in [4.69, 9.17) is 26.1 Å². The molecule has 2 aliphatic heterocycles. The van der Waals surface area contributed by atoms with E-state index in [-0.39, 0.29) is 11.7 Å². The Morgan fingerprint density at radius 2 is 1.91 bits per heavy atom. The minimum absolute atomic E-state index is 0.166. The summed E-state index contributed by atoms with van der Waals surface area (Å²) in [6.45, 7) is 8.05. The van der Waals surface area contributed by atoms with Crippen molar-refractivity contribution in [3.8, 4) is 11.5 Å². The molecule has 0 radical (unpaired) electrons. The normalized spacial score (nSPS) is 17.7. The largest absolute Gasteiger partial charge is 0.485 e. The van der Waals surface area contributed by atoms with Crippen molar-refractivity contribution >= 4 is 23.6 Å². The third-order valence-corrected chi connectivity index (χ3v) is 8.67. The van der Waals surface area contributed by atoms with E-state index >= 15 is 0 Å². The van der Waals surface area contributed by atoms with Crippen molar-refractivity contribution in [1.29, 1.82) is 0 Å². The first-order chi connectivity index (χ1) is 20.9. The molecular formula is C33H36ClN5O4. The van der Waals surface area contributed by atoms with E-state index < -0.39 is 5.97 Å². The molecule has 0 spiro atoms. The topological polar surface area (TPSA) is 94.6 Å². The van der Waals surface area contributed by atoms with Crippen LogP contribution in [0.2, 0.25) is 5.02 Å². The highest BCUT2D eigenvalue weighted by Crippen LogP contribution is 2.44. The van der Waals surface area contributed by atoms with E-state index in [9.17, 15) is 9.90 Å². The zero-order valence-electron chi connectivity index (χ0n) is 24.4. The van der Waals surface area contributed by atoms with Gasteiger partial charge in [0.2, 0.25) is 0 Å². The van der Waals surface area contributed by atoms with Gasteiger partial charge in [-0.25, -0.2) is 14.8 Å². The van der Waals surface area contributed by atoms with E-state index in [1.165, 1.54) is 5.56 Å². The highest BCUT2D eigenvalue weighted by atomic mass is 35.5. The van der Waals surface area contributed by atoms with Crippen molar-refractivity contribution in [3.63, 3.8) is 0 Å². The molecule has 1 atom stereocenters. The summed E-state index contributed by atoms with van der Waals surface area (Å²) < 4.78 is 16.9. The molecule has 6 rings (SSSR count). The van der Waals surface area contributed by atoms with Crippen LogP contribution in [0.3, 0.4) is 0 Å². The van der Waals surface area contributed by atoms with Crippen LogP contribution >= 0.6 is 11.6 Å². The van der Waals surface area contributed by atoms with E-state index in [2.05, 4.69) is 38.1 Å². The lowest BCUT2D eigenvalue weighted by atomic mass is 9.88. The van der Waals surface area contributed by atoms with Crippen LogP contribution < -0.4 is 9.47 Å². The molecule has 0 saturated carbocycles. The van der Waals surface area contributed by atoms with Gasteiger partial charge >= 0.3 is 5.97 Å². The number of fused-ring (bicyclic) bond motifs is 1. The van der Waals surface area contributed by atoms with Crippen LogP contribution in [0.15, 0.2) is 66.8 Å². The average Bonchev–Trinajstić information content (AvgIpc) is 3.63. The van der Waals surface area contributed by atoms with Crippen molar-refractivity contribution in [2.75, 3.05) is 19.7 Å². The highest BCUT2D eigenvalue weighted by molar-refractivity contribution is 6.30. The number of ether oxygens (including phenoxy) is 2. The lowest BCUT2D eigenvalue weighted by molar-refractivity contribution is -0.132. The number of carbonyl (C=O) groups is 1. The molecule has 224 valence electrons. The Balaban J connectivity index is 1.15. The molecular weight excluding hydrogens is 566 g/mol. The molecule has 4 heterocycles. The van der Waals surface area contributed by atoms with Gasteiger partial charge in [0.15, 0.2) is 17.6 Å². The maximum Gasteiger partial charge on any atom is 0.331 e. The molecule has 2 aromatic carbocycles. The molecule has 1 unspecified atom stereocenters. The SMILES string of the molecule is CCn1cncc1Cn1c(C=C(C)C(=O)O)cnc1CN1CCC(c2cccc3c2OCC(c2ccc(Cl)cc2)O3)CC1. The molecule has 1 saturated heterocycles. The number of aryl methyl sites for hydroxylation is 1. The van der Waals surface area contributed by atoms with Crippen LogP contribution in [0.4, 0.5) is 0 Å². The summed E-state index contributed by atoms with van der Waals surface area (Å²) in [7, 11) is 0. The standard InChI is InChI=1S/C33H36ClN5O4/c1-3-38-21-35-16-27(38)18-39-26(15-22(2)33(40)41)17-36-31(39)19-37-13-11-23(12-14-37)28-5-4-6-29-32(28)42-20-30(43-29)24-7-9-25(34)10-8-24/h4-10,15-17,21,23,30H,3,11-14,18-20H2,1-2H3,(H,40,41). The summed E-state index contributed by atoms with van der Waals surface area (Å²) in [5.41, 5.74) is 4.35. The smallest absolute Gasteiger partial charge is 0.331 e. The predicted octanol–water partition coefficient (Wildman–Crippen LogP) is 6.18. The van der Waals surface area contributed by atoms with Gasteiger partial charge in [-0.05, 0) is 75.5 Å². The molecule has 1 N–H and O–H groups in total. The van der Waals surface area contributed by atoms with E-state index in [0.717, 1.165) is 66.8 Å². The number of rotatable bonds is 9. The minimum Gasteiger partial charge on any atom is -0.485 e. The van der Waals surface area contributed by atoms with Crippen molar-refractivity contribution in [3.05, 3.63) is 100 Å². The van der Waals surface area contributed by atoms with Gasteiger partial charge in [-0.15, -0.1) is 0 Å². The summed E-state index contributed by atoms with van der Waals surface area (Å²) in [6.07, 6.45) is 8.97. The predicted molar refractivity (Wildman–Crippen MR) is 165 cm³/mol. The van der Waals surface area contributed by atoms with Gasteiger partial charge in [0, 0.05) is 28.9 Å². The lowest BCUT2D eigenvalue weighted by Crippen LogP contribution is -2.34. The number of aromatic nitrogens is 4.